The standard InChI is InChI=1S/C16H15ClN4O2S/c1-21-16(6-7-19-21)13-8-12(9-18-11-13)10-20-24(22,23)15-4-2-14(17)3-5-15/h2-9,11,20H,10H2,1H3. The minimum Gasteiger partial charge on any atom is -0.268 e. The second-order valence-electron chi connectivity index (χ2n) is 5.20. The average Bonchev–Trinajstić information content (AvgIpc) is 3.00. The van der Waals surface area contributed by atoms with Crippen molar-refractivity contribution in [2.75, 3.05) is 0 Å². The molecule has 6 nitrogen and oxygen atoms in total. The second-order valence-corrected chi connectivity index (χ2v) is 7.40. The van der Waals surface area contributed by atoms with Crippen molar-refractivity contribution in [1.82, 2.24) is 19.5 Å². The van der Waals surface area contributed by atoms with Crippen molar-refractivity contribution in [2.45, 2.75) is 11.4 Å². The van der Waals surface area contributed by atoms with E-state index in [2.05, 4.69) is 14.8 Å². The first-order valence-electron chi connectivity index (χ1n) is 7.13. The van der Waals surface area contributed by atoms with Crippen LogP contribution in [-0.2, 0) is 23.6 Å². The molecular weight excluding hydrogens is 348 g/mol. The summed E-state index contributed by atoms with van der Waals surface area (Å²) in [5, 5.41) is 4.61. The highest BCUT2D eigenvalue weighted by Crippen LogP contribution is 2.19. The Kier molecular flexibility index (Phi) is 4.66. The van der Waals surface area contributed by atoms with Gasteiger partial charge in [-0.3, -0.25) is 9.67 Å². The summed E-state index contributed by atoms with van der Waals surface area (Å²) >= 11 is 5.78. The van der Waals surface area contributed by atoms with E-state index in [-0.39, 0.29) is 11.4 Å². The molecule has 0 atom stereocenters. The number of nitrogens with one attached hydrogen (secondary N) is 1. The smallest absolute Gasteiger partial charge is 0.240 e. The minimum absolute atomic E-state index is 0.143. The van der Waals surface area contributed by atoms with Crippen molar-refractivity contribution in [3.63, 3.8) is 0 Å². The number of aryl methyl sites for hydroxylation is 1. The number of hydrogen-bond donors (Lipinski definition) is 1. The molecule has 0 saturated heterocycles. The molecule has 2 aromatic heterocycles. The maximum absolute atomic E-state index is 12.3. The Morgan fingerprint density at radius 3 is 2.58 bits per heavy atom. The Balaban J connectivity index is 1.77. The lowest BCUT2D eigenvalue weighted by Gasteiger charge is -2.08. The molecule has 124 valence electrons. The molecule has 0 fully saturated rings. The van der Waals surface area contributed by atoms with Gasteiger partial charge in [-0.2, -0.15) is 5.10 Å². The molecule has 24 heavy (non-hydrogen) atoms. The average molecular weight is 363 g/mol. The molecule has 1 N–H and O–H groups in total. The first-order valence-corrected chi connectivity index (χ1v) is 8.99. The molecule has 0 aliphatic carbocycles. The largest absolute Gasteiger partial charge is 0.268 e. The third-order valence-electron chi connectivity index (χ3n) is 3.50. The van der Waals surface area contributed by atoms with Gasteiger partial charge < -0.3 is 0 Å². The number of halogens is 1. The van der Waals surface area contributed by atoms with Crippen molar-refractivity contribution in [1.29, 1.82) is 0 Å². The number of hydrogen-bond acceptors (Lipinski definition) is 4. The fourth-order valence-corrected chi connectivity index (χ4v) is 3.40. The van der Waals surface area contributed by atoms with E-state index in [0.29, 0.717) is 5.02 Å². The highest BCUT2D eigenvalue weighted by atomic mass is 35.5. The van der Waals surface area contributed by atoms with E-state index in [9.17, 15) is 8.42 Å². The molecule has 3 rings (SSSR count). The molecule has 2 heterocycles. The monoisotopic (exact) mass is 362 g/mol. The quantitative estimate of drug-likeness (QED) is 0.756. The lowest BCUT2D eigenvalue weighted by atomic mass is 10.1. The summed E-state index contributed by atoms with van der Waals surface area (Å²) in [4.78, 5) is 4.34. The van der Waals surface area contributed by atoms with Gasteiger partial charge in [-0.15, -0.1) is 0 Å². The zero-order valence-corrected chi connectivity index (χ0v) is 14.4. The van der Waals surface area contributed by atoms with E-state index < -0.39 is 10.0 Å². The van der Waals surface area contributed by atoms with Gasteiger partial charge in [0.1, 0.15) is 0 Å². The number of rotatable bonds is 5. The highest BCUT2D eigenvalue weighted by molar-refractivity contribution is 7.89. The topological polar surface area (TPSA) is 76.9 Å². The normalized spacial score (nSPS) is 11.6. The van der Waals surface area contributed by atoms with Crippen LogP contribution < -0.4 is 4.72 Å². The maximum atomic E-state index is 12.3. The van der Waals surface area contributed by atoms with Crippen molar-refractivity contribution in [3.05, 3.63) is 65.6 Å². The van der Waals surface area contributed by atoms with E-state index in [0.717, 1.165) is 16.8 Å². The molecule has 0 bridgehead atoms. The summed E-state index contributed by atoms with van der Waals surface area (Å²) in [5.41, 5.74) is 2.54. The van der Waals surface area contributed by atoms with Gasteiger partial charge in [0.2, 0.25) is 10.0 Å². The van der Waals surface area contributed by atoms with Crippen LogP contribution in [0, 0.1) is 0 Å². The van der Waals surface area contributed by atoms with Crippen molar-refractivity contribution in [3.8, 4) is 11.3 Å². The Morgan fingerprint density at radius 1 is 1.17 bits per heavy atom. The SMILES string of the molecule is Cn1nccc1-c1cncc(CNS(=O)(=O)c2ccc(Cl)cc2)c1. The van der Waals surface area contributed by atoms with E-state index in [4.69, 9.17) is 11.6 Å². The number of sulfonamides is 1. The van der Waals surface area contributed by atoms with Crippen LogP contribution in [0.2, 0.25) is 5.02 Å². The predicted octanol–water partition coefficient (Wildman–Crippen LogP) is 2.61. The molecule has 0 amide bonds. The Morgan fingerprint density at radius 2 is 1.92 bits per heavy atom. The number of pyridine rings is 1. The first-order chi connectivity index (χ1) is 11.5. The van der Waals surface area contributed by atoms with Crippen LogP contribution in [0.1, 0.15) is 5.56 Å². The Labute approximate surface area is 145 Å². The van der Waals surface area contributed by atoms with Crippen LogP contribution in [0.3, 0.4) is 0 Å². The van der Waals surface area contributed by atoms with Gasteiger partial charge in [-0.1, -0.05) is 11.6 Å². The molecule has 3 aromatic rings. The second kappa shape index (κ2) is 6.72. The zero-order valence-electron chi connectivity index (χ0n) is 12.8. The zero-order chi connectivity index (χ0) is 17.2. The van der Waals surface area contributed by atoms with E-state index in [1.54, 1.807) is 35.4 Å². The molecule has 0 unspecified atom stereocenters. The molecule has 0 aliphatic heterocycles. The molecule has 0 saturated carbocycles. The van der Waals surface area contributed by atoms with E-state index in [1.807, 2.05) is 19.2 Å². The fraction of sp³-hybridized carbons (Fsp3) is 0.125. The van der Waals surface area contributed by atoms with Crippen LogP contribution in [0.5, 0.6) is 0 Å². The fourth-order valence-electron chi connectivity index (χ4n) is 2.26. The van der Waals surface area contributed by atoms with Gasteiger partial charge in [0.25, 0.3) is 0 Å². The van der Waals surface area contributed by atoms with Gasteiger partial charge >= 0.3 is 0 Å². The van der Waals surface area contributed by atoms with Crippen LogP contribution in [-0.4, -0.2) is 23.2 Å². The Bertz CT molecular complexity index is 952. The number of aromatic nitrogens is 3. The molecule has 0 spiro atoms. The lowest BCUT2D eigenvalue weighted by Crippen LogP contribution is -2.23. The maximum Gasteiger partial charge on any atom is 0.240 e. The van der Waals surface area contributed by atoms with Crippen LogP contribution in [0.25, 0.3) is 11.3 Å². The van der Waals surface area contributed by atoms with Crippen LogP contribution in [0.4, 0.5) is 0 Å². The lowest BCUT2D eigenvalue weighted by molar-refractivity contribution is 0.581. The van der Waals surface area contributed by atoms with E-state index in [1.165, 1.54) is 12.1 Å². The van der Waals surface area contributed by atoms with Crippen molar-refractivity contribution >= 4 is 21.6 Å². The van der Waals surface area contributed by atoms with Gasteiger partial charge in [-0.05, 0) is 42.0 Å². The summed E-state index contributed by atoms with van der Waals surface area (Å²) in [6.45, 7) is 0.143. The minimum atomic E-state index is -3.60. The summed E-state index contributed by atoms with van der Waals surface area (Å²) in [7, 11) is -1.77. The van der Waals surface area contributed by atoms with Crippen molar-refractivity contribution < 1.29 is 8.42 Å². The van der Waals surface area contributed by atoms with Gasteiger partial charge in [0.05, 0.1) is 10.6 Å². The Hall–Kier alpha value is -2.22. The molecular formula is C16H15ClN4O2S. The van der Waals surface area contributed by atoms with Gasteiger partial charge in [0.15, 0.2) is 0 Å². The number of nitrogens with zero attached hydrogens (tertiary/aromatic N) is 3. The van der Waals surface area contributed by atoms with Crippen LogP contribution in [0.15, 0.2) is 59.9 Å². The molecule has 0 radical (unpaired) electrons. The third kappa shape index (κ3) is 3.64. The summed E-state index contributed by atoms with van der Waals surface area (Å²) in [6, 6.07) is 9.78. The summed E-state index contributed by atoms with van der Waals surface area (Å²) in [6.07, 6.45) is 5.05. The van der Waals surface area contributed by atoms with Gasteiger partial charge in [0, 0.05) is 42.8 Å². The van der Waals surface area contributed by atoms with Crippen molar-refractivity contribution in [2.24, 2.45) is 7.05 Å². The van der Waals surface area contributed by atoms with E-state index >= 15 is 0 Å². The van der Waals surface area contributed by atoms with Crippen LogP contribution >= 0.6 is 11.6 Å². The first kappa shape index (κ1) is 16.6. The highest BCUT2D eigenvalue weighted by Gasteiger charge is 2.14. The summed E-state index contributed by atoms with van der Waals surface area (Å²) in [5.74, 6) is 0. The predicted molar refractivity (Wildman–Crippen MR) is 91.9 cm³/mol. The summed E-state index contributed by atoms with van der Waals surface area (Å²) < 4.78 is 28.9. The van der Waals surface area contributed by atoms with Gasteiger partial charge in [-0.25, -0.2) is 13.1 Å². The number of benzene rings is 1. The molecule has 0 aliphatic rings. The molecule has 8 heteroatoms. The third-order valence-corrected chi connectivity index (χ3v) is 5.17. The molecule has 1 aromatic carbocycles.